The van der Waals surface area contributed by atoms with E-state index in [1.165, 1.54) is 10.6 Å². The molecule has 0 radical (unpaired) electrons. The van der Waals surface area contributed by atoms with Gasteiger partial charge in [-0.25, -0.2) is 4.79 Å². The average Bonchev–Trinajstić information content (AvgIpc) is 2.63. The molecule has 0 bridgehead atoms. The lowest BCUT2D eigenvalue weighted by Gasteiger charge is -2.14. The smallest absolute Gasteiger partial charge is 0.331 e. The third-order valence-corrected chi connectivity index (χ3v) is 4.69. The normalized spacial score (nSPS) is 11.2. The molecule has 0 saturated heterocycles. The van der Waals surface area contributed by atoms with Gasteiger partial charge in [-0.1, -0.05) is 23.7 Å². The SMILES string of the molecule is Cn1c(=O)n(CCCO)c(=O)c2c(Cc3ccc(Cl)cc3)c(O)ccc21. The number of fused-ring (bicyclic) bond motifs is 1. The van der Waals surface area contributed by atoms with Crippen LogP contribution in [0.5, 0.6) is 5.75 Å². The summed E-state index contributed by atoms with van der Waals surface area (Å²) >= 11 is 5.91. The van der Waals surface area contributed by atoms with E-state index in [-0.39, 0.29) is 18.9 Å². The van der Waals surface area contributed by atoms with Gasteiger partial charge in [-0.2, -0.15) is 0 Å². The maximum Gasteiger partial charge on any atom is 0.331 e. The molecule has 0 saturated carbocycles. The predicted octanol–water partition coefficient (Wildman–Crippen LogP) is 2.03. The molecule has 3 rings (SSSR count). The van der Waals surface area contributed by atoms with Crippen molar-refractivity contribution in [2.45, 2.75) is 19.4 Å². The van der Waals surface area contributed by atoms with E-state index in [1.807, 2.05) is 12.1 Å². The number of aryl methyl sites for hydroxylation is 1. The Balaban J connectivity index is 2.26. The number of aliphatic hydroxyl groups excluding tert-OH is 1. The Morgan fingerprint density at radius 2 is 1.77 bits per heavy atom. The van der Waals surface area contributed by atoms with Gasteiger partial charge in [0.1, 0.15) is 5.75 Å². The molecular formula is C19H19ClN2O4. The minimum Gasteiger partial charge on any atom is -0.508 e. The molecular weight excluding hydrogens is 356 g/mol. The van der Waals surface area contributed by atoms with Crippen LogP contribution in [0.1, 0.15) is 17.5 Å². The number of benzene rings is 2. The van der Waals surface area contributed by atoms with Crippen LogP contribution in [-0.4, -0.2) is 26.0 Å². The Morgan fingerprint density at radius 3 is 2.42 bits per heavy atom. The van der Waals surface area contributed by atoms with E-state index < -0.39 is 11.2 Å². The molecule has 0 atom stereocenters. The van der Waals surface area contributed by atoms with Crippen molar-refractivity contribution in [2.75, 3.05) is 6.61 Å². The van der Waals surface area contributed by atoms with Crippen molar-refractivity contribution in [3.8, 4) is 5.75 Å². The van der Waals surface area contributed by atoms with Gasteiger partial charge in [-0.15, -0.1) is 0 Å². The first-order chi connectivity index (χ1) is 12.4. The Labute approximate surface area is 154 Å². The average molecular weight is 375 g/mol. The van der Waals surface area contributed by atoms with Gasteiger partial charge in [0.05, 0.1) is 10.9 Å². The molecule has 1 aromatic heterocycles. The number of aromatic nitrogens is 2. The third-order valence-electron chi connectivity index (χ3n) is 4.44. The number of halogens is 1. The predicted molar refractivity (Wildman–Crippen MR) is 101 cm³/mol. The van der Waals surface area contributed by atoms with Gasteiger partial charge in [0.25, 0.3) is 5.56 Å². The third kappa shape index (κ3) is 3.25. The maximum absolute atomic E-state index is 13.0. The topological polar surface area (TPSA) is 84.5 Å². The number of phenols is 1. The summed E-state index contributed by atoms with van der Waals surface area (Å²) in [5.41, 5.74) is 0.896. The summed E-state index contributed by atoms with van der Waals surface area (Å²) in [6, 6.07) is 10.2. The molecule has 0 aliphatic heterocycles. The van der Waals surface area contributed by atoms with E-state index in [4.69, 9.17) is 16.7 Å². The van der Waals surface area contributed by atoms with E-state index in [1.54, 1.807) is 25.2 Å². The second kappa shape index (κ2) is 7.35. The van der Waals surface area contributed by atoms with Crippen molar-refractivity contribution in [3.63, 3.8) is 0 Å². The van der Waals surface area contributed by atoms with E-state index in [0.717, 1.165) is 10.1 Å². The summed E-state index contributed by atoms with van der Waals surface area (Å²) in [6.07, 6.45) is 0.625. The second-order valence-electron chi connectivity index (χ2n) is 6.14. The van der Waals surface area contributed by atoms with Crippen molar-refractivity contribution >= 4 is 22.5 Å². The van der Waals surface area contributed by atoms with Crippen LogP contribution in [0, 0.1) is 0 Å². The van der Waals surface area contributed by atoms with Gasteiger partial charge in [-0.3, -0.25) is 13.9 Å². The lowest BCUT2D eigenvalue weighted by molar-refractivity contribution is 0.277. The zero-order valence-corrected chi connectivity index (χ0v) is 15.0. The van der Waals surface area contributed by atoms with Crippen LogP contribution in [0.3, 0.4) is 0 Å². The van der Waals surface area contributed by atoms with Gasteiger partial charge in [0, 0.05) is 37.2 Å². The van der Waals surface area contributed by atoms with Crippen LogP contribution >= 0.6 is 11.6 Å². The molecule has 136 valence electrons. The molecule has 26 heavy (non-hydrogen) atoms. The highest BCUT2D eigenvalue weighted by molar-refractivity contribution is 6.30. The van der Waals surface area contributed by atoms with Crippen LogP contribution in [0.15, 0.2) is 46.0 Å². The number of phenolic OH excluding ortho intramolecular Hbond substituents is 1. The molecule has 2 N–H and O–H groups in total. The van der Waals surface area contributed by atoms with E-state index in [2.05, 4.69) is 0 Å². The summed E-state index contributed by atoms with van der Waals surface area (Å²) in [6.45, 7) is -0.000704. The van der Waals surface area contributed by atoms with E-state index in [0.29, 0.717) is 34.3 Å². The zero-order valence-electron chi connectivity index (χ0n) is 14.3. The van der Waals surface area contributed by atoms with Crippen LogP contribution in [0.2, 0.25) is 5.02 Å². The summed E-state index contributed by atoms with van der Waals surface area (Å²) < 4.78 is 2.49. The molecule has 3 aromatic rings. The number of nitrogens with zero attached hydrogens (tertiary/aromatic N) is 2. The number of aliphatic hydroxyl groups is 1. The monoisotopic (exact) mass is 374 g/mol. The molecule has 1 heterocycles. The quantitative estimate of drug-likeness (QED) is 0.715. The van der Waals surface area contributed by atoms with E-state index in [9.17, 15) is 14.7 Å². The molecule has 0 fully saturated rings. The molecule has 0 spiro atoms. The molecule has 0 aliphatic rings. The summed E-state index contributed by atoms with van der Waals surface area (Å²) in [5.74, 6) is -0.00286. The standard InChI is InChI=1S/C19H19ClN2O4/c1-21-15-7-8-16(24)14(11-12-3-5-13(20)6-4-12)17(15)18(25)22(19(21)26)9-2-10-23/h3-8,23-24H,2,9-11H2,1H3. The van der Waals surface area contributed by atoms with Crippen molar-refractivity contribution in [3.05, 3.63) is 73.4 Å². The fourth-order valence-electron chi connectivity index (χ4n) is 3.06. The number of hydrogen-bond donors (Lipinski definition) is 2. The lowest BCUT2D eigenvalue weighted by atomic mass is 10.00. The van der Waals surface area contributed by atoms with Gasteiger partial charge in [0.2, 0.25) is 0 Å². The van der Waals surface area contributed by atoms with Crippen LogP contribution in [0.25, 0.3) is 10.9 Å². The summed E-state index contributed by atoms with van der Waals surface area (Å²) in [4.78, 5) is 25.4. The molecule has 7 heteroatoms. The highest BCUT2D eigenvalue weighted by Crippen LogP contribution is 2.27. The van der Waals surface area contributed by atoms with E-state index >= 15 is 0 Å². The van der Waals surface area contributed by atoms with Gasteiger partial charge >= 0.3 is 5.69 Å². The highest BCUT2D eigenvalue weighted by Gasteiger charge is 2.17. The summed E-state index contributed by atoms with van der Waals surface area (Å²) in [5, 5.41) is 20.3. The first-order valence-electron chi connectivity index (χ1n) is 8.23. The fourth-order valence-corrected chi connectivity index (χ4v) is 3.19. The van der Waals surface area contributed by atoms with Gasteiger partial charge < -0.3 is 10.2 Å². The number of rotatable bonds is 5. The molecule has 0 aliphatic carbocycles. The Bertz CT molecular complexity index is 1070. The van der Waals surface area contributed by atoms with Crippen LogP contribution in [-0.2, 0) is 20.0 Å². The summed E-state index contributed by atoms with van der Waals surface area (Å²) in [7, 11) is 1.59. The molecule has 0 amide bonds. The largest absolute Gasteiger partial charge is 0.508 e. The van der Waals surface area contributed by atoms with Crippen molar-refractivity contribution < 1.29 is 10.2 Å². The maximum atomic E-state index is 13.0. The first-order valence-corrected chi connectivity index (χ1v) is 8.61. The minimum atomic E-state index is -0.462. The highest BCUT2D eigenvalue weighted by atomic mass is 35.5. The minimum absolute atomic E-state index is 0.00286. The van der Waals surface area contributed by atoms with Gasteiger partial charge in [-0.05, 0) is 36.2 Å². The van der Waals surface area contributed by atoms with Crippen LogP contribution in [0.4, 0.5) is 0 Å². The number of hydrogen-bond acceptors (Lipinski definition) is 4. The van der Waals surface area contributed by atoms with Crippen molar-refractivity contribution in [1.29, 1.82) is 0 Å². The molecule has 6 nitrogen and oxygen atoms in total. The Morgan fingerprint density at radius 1 is 1.08 bits per heavy atom. The molecule has 2 aromatic carbocycles. The van der Waals surface area contributed by atoms with Crippen molar-refractivity contribution in [1.82, 2.24) is 9.13 Å². The fraction of sp³-hybridized carbons (Fsp3) is 0.263. The van der Waals surface area contributed by atoms with Gasteiger partial charge in [0.15, 0.2) is 0 Å². The first kappa shape index (κ1) is 18.2. The zero-order chi connectivity index (χ0) is 18.8. The number of aromatic hydroxyl groups is 1. The second-order valence-corrected chi connectivity index (χ2v) is 6.57. The Kier molecular flexibility index (Phi) is 5.15. The van der Waals surface area contributed by atoms with Crippen molar-refractivity contribution in [2.24, 2.45) is 7.05 Å². The molecule has 0 unspecified atom stereocenters. The van der Waals surface area contributed by atoms with Crippen LogP contribution < -0.4 is 11.2 Å². The lowest BCUT2D eigenvalue weighted by Crippen LogP contribution is -2.39. The Hall–Kier alpha value is -2.57.